The monoisotopic (exact) mass is 432 g/mol. The van der Waals surface area contributed by atoms with Gasteiger partial charge in [-0.15, -0.1) is 0 Å². The minimum atomic E-state index is -3.16. The van der Waals surface area contributed by atoms with Crippen LogP contribution in [0.1, 0.15) is 40.5 Å². The smallest absolute Gasteiger partial charge is 0.473 e. The van der Waals surface area contributed by atoms with Crippen molar-refractivity contribution in [2.24, 2.45) is 0 Å². The van der Waals surface area contributed by atoms with Crippen molar-refractivity contribution < 1.29 is 17.8 Å². The Hall–Kier alpha value is -0.00247. The third kappa shape index (κ3) is 4.35. The molecule has 26 heavy (non-hydrogen) atoms. The SMILES string of the molecule is C=C(C)C(=O)O[Si]1(O[Si](C)(C)C)OC(C)(C)C(CCC)[Si](C)(C)[Si]1(C)C. The van der Waals surface area contributed by atoms with Crippen LogP contribution in [0.2, 0.25) is 51.4 Å². The summed E-state index contributed by atoms with van der Waals surface area (Å²) in [6.07, 6.45) is 2.31. The fourth-order valence-corrected chi connectivity index (χ4v) is 40.2. The van der Waals surface area contributed by atoms with Gasteiger partial charge in [0.05, 0.1) is 13.2 Å². The van der Waals surface area contributed by atoms with Crippen LogP contribution < -0.4 is 0 Å². The molecule has 1 aliphatic heterocycles. The Balaban J connectivity index is 3.61. The molecule has 0 aromatic rings. The molecule has 0 aliphatic carbocycles. The average molecular weight is 433 g/mol. The molecule has 4 nitrogen and oxygen atoms in total. The van der Waals surface area contributed by atoms with E-state index in [1.165, 1.54) is 0 Å². The van der Waals surface area contributed by atoms with E-state index < -0.39 is 31.3 Å². The van der Waals surface area contributed by atoms with E-state index in [1.807, 2.05) is 0 Å². The lowest BCUT2D eigenvalue weighted by atomic mass is 10.0. The molecule has 0 aromatic heterocycles. The molecule has 0 radical (unpaired) electrons. The van der Waals surface area contributed by atoms with Crippen LogP contribution >= 0.6 is 0 Å². The highest BCUT2D eigenvalue weighted by Gasteiger charge is 2.75. The summed E-state index contributed by atoms with van der Waals surface area (Å²) in [6, 6.07) is 0. The molecular weight excluding hydrogens is 393 g/mol. The number of hydrogen-bond donors (Lipinski definition) is 0. The zero-order chi connectivity index (χ0) is 20.8. The standard InChI is InChI=1S/C18H40O4Si4/c1-13-14-16-18(4,5)21-26(22-23(6,7)8,20-17(19)15(2)3)25(11,12)24(16,9)10/h16H,2,13-14H2,1,3-12H3. The van der Waals surface area contributed by atoms with Gasteiger partial charge in [-0.2, -0.15) is 0 Å². The Morgan fingerprint density at radius 2 is 1.69 bits per heavy atom. The van der Waals surface area contributed by atoms with Crippen LogP contribution in [-0.4, -0.2) is 42.9 Å². The first-order valence-corrected chi connectivity index (χ1v) is 22.9. The second kappa shape index (κ2) is 7.44. The zero-order valence-electron chi connectivity index (χ0n) is 18.8. The van der Waals surface area contributed by atoms with Gasteiger partial charge in [-0.25, -0.2) is 4.79 Å². The van der Waals surface area contributed by atoms with Gasteiger partial charge in [0.15, 0.2) is 15.4 Å². The van der Waals surface area contributed by atoms with Crippen LogP contribution in [0.4, 0.5) is 0 Å². The highest BCUT2D eigenvalue weighted by molar-refractivity contribution is 7.66. The maximum atomic E-state index is 12.6. The molecule has 1 aliphatic rings. The molecule has 1 saturated heterocycles. The predicted molar refractivity (Wildman–Crippen MR) is 120 cm³/mol. The molecule has 8 heteroatoms. The molecule has 2 unspecified atom stereocenters. The molecule has 0 bridgehead atoms. The third-order valence-corrected chi connectivity index (χ3v) is 43.7. The fraction of sp³-hybridized carbons (Fsp3) is 0.833. The van der Waals surface area contributed by atoms with E-state index in [-0.39, 0.29) is 11.6 Å². The van der Waals surface area contributed by atoms with E-state index in [0.29, 0.717) is 11.1 Å². The van der Waals surface area contributed by atoms with Gasteiger partial charge in [0.25, 0.3) is 0 Å². The average Bonchev–Trinajstić information content (AvgIpc) is 2.40. The van der Waals surface area contributed by atoms with Crippen molar-refractivity contribution in [1.29, 1.82) is 0 Å². The Morgan fingerprint density at radius 1 is 1.19 bits per heavy atom. The first-order chi connectivity index (χ1) is 11.4. The van der Waals surface area contributed by atoms with E-state index in [0.717, 1.165) is 12.8 Å². The summed E-state index contributed by atoms with van der Waals surface area (Å²) < 4.78 is 19.8. The van der Waals surface area contributed by atoms with Crippen molar-refractivity contribution >= 4 is 37.3 Å². The Bertz CT molecular complexity index is 566. The highest BCUT2D eigenvalue weighted by Crippen LogP contribution is 2.53. The van der Waals surface area contributed by atoms with Crippen molar-refractivity contribution in [3.05, 3.63) is 12.2 Å². The highest BCUT2D eigenvalue weighted by atomic mass is 29.7. The lowest BCUT2D eigenvalue weighted by Gasteiger charge is -2.61. The van der Waals surface area contributed by atoms with Crippen LogP contribution in [0.5, 0.6) is 0 Å². The topological polar surface area (TPSA) is 44.8 Å². The minimum Gasteiger partial charge on any atom is -0.473 e. The van der Waals surface area contributed by atoms with Crippen LogP contribution in [0.3, 0.4) is 0 Å². The molecule has 2 atom stereocenters. The maximum absolute atomic E-state index is 12.6. The number of rotatable bonds is 6. The van der Waals surface area contributed by atoms with Gasteiger partial charge in [0, 0.05) is 5.57 Å². The number of carbonyl (C=O) groups excluding carboxylic acids is 1. The summed E-state index contributed by atoms with van der Waals surface area (Å²) in [5, 5.41) is 0. The van der Waals surface area contributed by atoms with E-state index in [2.05, 4.69) is 73.2 Å². The molecule has 0 N–H and O–H groups in total. The molecule has 1 rings (SSSR count). The van der Waals surface area contributed by atoms with Gasteiger partial charge >= 0.3 is 14.3 Å². The van der Waals surface area contributed by atoms with Crippen LogP contribution in [-0.2, 0) is 17.8 Å². The summed E-state index contributed by atoms with van der Waals surface area (Å²) in [7, 11) is -9.04. The van der Waals surface area contributed by atoms with Crippen LogP contribution in [0.15, 0.2) is 12.2 Å². The van der Waals surface area contributed by atoms with Crippen molar-refractivity contribution in [3.8, 4) is 0 Å². The fourth-order valence-electron chi connectivity index (χ4n) is 4.17. The summed E-state index contributed by atoms with van der Waals surface area (Å²) >= 11 is 0. The van der Waals surface area contributed by atoms with E-state index >= 15 is 0 Å². The first-order valence-electron chi connectivity index (χ1n) is 9.73. The summed E-state index contributed by atoms with van der Waals surface area (Å²) in [4.78, 5) is 12.6. The molecule has 152 valence electrons. The molecule has 1 fully saturated rings. The van der Waals surface area contributed by atoms with Crippen molar-refractivity contribution in [3.63, 3.8) is 0 Å². The molecular formula is C18H40O4Si4. The molecule has 0 aromatic carbocycles. The Kier molecular flexibility index (Phi) is 6.87. The third-order valence-electron chi connectivity index (χ3n) is 6.08. The molecule has 0 spiro atoms. The Labute approximate surface area is 164 Å². The summed E-state index contributed by atoms with van der Waals surface area (Å²) in [5.74, 6) is -0.356. The van der Waals surface area contributed by atoms with Gasteiger partial charge in [-0.3, -0.25) is 0 Å². The predicted octanol–water partition coefficient (Wildman–Crippen LogP) is 5.45. The van der Waals surface area contributed by atoms with Gasteiger partial charge < -0.3 is 13.0 Å². The largest absolute Gasteiger partial charge is 0.520 e. The van der Waals surface area contributed by atoms with Gasteiger partial charge in [0.1, 0.15) is 0 Å². The van der Waals surface area contributed by atoms with Crippen molar-refractivity contribution in [1.82, 2.24) is 0 Å². The normalized spacial score (nSPS) is 29.9. The van der Waals surface area contributed by atoms with Crippen LogP contribution in [0, 0.1) is 0 Å². The van der Waals surface area contributed by atoms with Crippen molar-refractivity contribution in [2.75, 3.05) is 0 Å². The molecule has 0 amide bonds. The second-order valence-electron chi connectivity index (χ2n) is 10.3. The molecule has 1 heterocycles. The van der Waals surface area contributed by atoms with Crippen LogP contribution in [0.25, 0.3) is 0 Å². The first kappa shape index (κ1) is 24.0. The zero-order valence-corrected chi connectivity index (χ0v) is 22.8. The number of hydrogen-bond acceptors (Lipinski definition) is 4. The quantitative estimate of drug-likeness (QED) is 0.413. The van der Waals surface area contributed by atoms with Gasteiger partial charge in [-0.1, -0.05) is 52.5 Å². The van der Waals surface area contributed by atoms with Gasteiger partial charge in [0.2, 0.25) is 0 Å². The summed E-state index contributed by atoms with van der Waals surface area (Å²) in [5.41, 5.74) is 0.614. The van der Waals surface area contributed by atoms with Crippen molar-refractivity contribution in [2.45, 2.75) is 97.5 Å². The number of carbonyl (C=O) groups is 1. The van der Waals surface area contributed by atoms with E-state index in [9.17, 15) is 4.79 Å². The van der Waals surface area contributed by atoms with Gasteiger partial charge in [-0.05, 0) is 46.0 Å². The lowest BCUT2D eigenvalue weighted by molar-refractivity contribution is -0.134. The maximum Gasteiger partial charge on any atom is 0.520 e. The van der Waals surface area contributed by atoms with E-state index in [4.69, 9.17) is 13.0 Å². The molecule has 0 saturated carbocycles. The minimum absolute atomic E-state index is 0.338. The lowest BCUT2D eigenvalue weighted by Crippen LogP contribution is -2.85. The Morgan fingerprint density at radius 3 is 2.08 bits per heavy atom. The second-order valence-corrected chi connectivity index (χ2v) is 39.0. The van der Waals surface area contributed by atoms with E-state index in [1.54, 1.807) is 6.92 Å². The summed E-state index contributed by atoms with van der Waals surface area (Å²) in [6.45, 7) is 28.2.